The smallest absolute Gasteiger partial charge is 0.228 e. The van der Waals surface area contributed by atoms with E-state index in [2.05, 4.69) is 21.2 Å². The molecule has 1 aliphatic carbocycles. The maximum atomic E-state index is 12.5. The Labute approximate surface area is 145 Å². The lowest BCUT2D eigenvalue weighted by Crippen LogP contribution is -2.34. The molecule has 1 aromatic rings. The van der Waals surface area contributed by atoms with Gasteiger partial charge in [-0.3, -0.25) is 9.59 Å². The van der Waals surface area contributed by atoms with Crippen LogP contribution in [-0.2, 0) is 9.59 Å². The standard InChI is InChI=1S/C18H23BrN2O2/c1-12-6-7-16(15(19)10-12)20-17(22)13-11-14(13)18(23)21-8-4-2-3-5-9-21/h6-7,10,13-14H,2-5,8-9,11H2,1H3,(H,20,22). The summed E-state index contributed by atoms with van der Waals surface area (Å²) in [6.45, 7) is 3.72. The highest BCUT2D eigenvalue weighted by Gasteiger charge is 2.49. The molecule has 124 valence electrons. The Morgan fingerprint density at radius 1 is 1.13 bits per heavy atom. The number of nitrogens with one attached hydrogen (secondary N) is 1. The molecule has 5 heteroatoms. The second-order valence-corrected chi connectivity index (χ2v) is 7.52. The van der Waals surface area contributed by atoms with Crippen molar-refractivity contribution in [2.75, 3.05) is 18.4 Å². The van der Waals surface area contributed by atoms with Gasteiger partial charge >= 0.3 is 0 Å². The van der Waals surface area contributed by atoms with Crippen LogP contribution in [0.25, 0.3) is 0 Å². The molecule has 2 unspecified atom stereocenters. The average Bonchev–Trinajstić information content (AvgIpc) is 3.33. The second-order valence-electron chi connectivity index (χ2n) is 6.66. The third-order valence-electron chi connectivity index (χ3n) is 4.74. The van der Waals surface area contributed by atoms with Crippen LogP contribution in [0.1, 0.15) is 37.7 Å². The molecule has 1 N–H and O–H groups in total. The van der Waals surface area contributed by atoms with Gasteiger partial charge in [0.05, 0.1) is 17.5 Å². The van der Waals surface area contributed by atoms with Gasteiger partial charge in [-0.1, -0.05) is 18.9 Å². The largest absolute Gasteiger partial charge is 0.342 e. The lowest BCUT2D eigenvalue weighted by atomic mass is 10.2. The topological polar surface area (TPSA) is 49.4 Å². The summed E-state index contributed by atoms with van der Waals surface area (Å²) in [5.41, 5.74) is 1.91. The van der Waals surface area contributed by atoms with E-state index in [0.29, 0.717) is 6.42 Å². The van der Waals surface area contributed by atoms with E-state index in [1.54, 1.807) is 0 Å². The number of aryl methyl sites for hydroxylation is 1. The number of benzene rings is 1. The molecule has 2 fully saturated rings. The third kappa shape index (κ3) is 3.94. The van der Waals surface area contributed by atoms with Gasteiger partial charge in [-0.2, -0.15) is 0 Å². The van der Waals surface area contributed by atoms with E-state index in [9.17, 15) is 9.59 Å². The number of halogens is 1. The molecule has 3 rings (SSSR count). The fourth-order valence-corrected chi connectivity index (χ4v) is 3.82. The summed E-state index contributed by atoms with van der Waals surface area (Å²) in [6, 6.07) is 5.83. The van der Waals surface area contributed by atoms with Crippen LogP contribution in [0.2, 0.25) is 0 Å². The molecule has 2 amide bonds. The summed E-state index contributed by atoms with van der Waals surface area (Å²) in [6.07, 6.45) is 5.28. The van der Waals surface area contributed by atoms with Crippen molar-refractivity contribution < 1.29 is 9.59 Å². The van der Waals surface area contributed by atoms with Crippen molar-refractivity contribution in [3.63, 3.8) is 0 Å². The van der Waals surface area contributed by atoms with Gasteiger partial charge in [0.25, 0.3) is 0 Å². The fourth-order valence-electron chi connectivity index (χ4n) is 3.23. The second kappa shape index (κ2) is 7.04. The molecule has 2 atom stereocenters. The summed E-state index contributed by atoms with van der Waals surface area (Å²) >= 11 is 3.47. The van der Waals surface area contributed by atoms with Crippen LogP contribution in [0.3, 0.4) is 0 Å². The van der Waals surface area contributed by atoms with Gasteiger partial charge in [-0.15, -0.1) is 0 Å². The Morgan fingerprint density at radius 3 is 2.48 bits per heavy atom. The monoisotopic (exact) mass is 378 g/mol. The van der Waals surface area contributed by atoms with Gasteiger partial charge in [0.15, 0.2) is 0 Å². The van der Waals surface area contributed by atoms with Gasteiger partial charge in [-0.05, 0) is 59.8 Å². The van der Waals surface area contributed by atoms with Crippen LogP contribution in [-0.4, -0.2) is 29.8 Å². The van der Waals surface area contributed by atoms with Crippen molar-refractivity contribution in [3.05, 3.63) is 28.2 Å². The van der Waals surface area contributed by atoms with E-state index in [1.165, 1.54) is 12.8 Å². The molecule has 0 aromatic heterocycles. The van der Waals surface area contributed by atoms with Crippen molar-refractivity contribution in [2.24, 2.45) is 11.8 Å². The molecule has 0 spiro atoms. The molecule has 23 heavy (non-hydrogen) atoms. The van der Waals surface area contributed by atoms with E-state index in [4.69, 9.17) is 0 Å². The molecule has 2 aliphatic rings. The number of nitrogens with zero attached hydrogens (tertiary/aromatic N) is 1. The Bertz CT molecular complexity index is 609. The molecule has 1 saturated carbocycles. The lowest BCUT2D eigenvalue weighted by Gasteiger charge is -2.20. The van der Waals surface area contributed by atoms with Crippen molar-refractivity contribution in [1.29, 1.82) is 0 Å². The number of likely N-dealkylation sites (tertiary alicyclic amines) is 1. The number of rotatable bonds is 3. The minimum absolute atomic E-state index is 0.0391. The van der Waals surface area contributed by atoms with Crippen molar-refractivity contribution in [1.82, 2.24) is 4.90 Å². The first-order valence-electron chi connectivity index (χ1n) is 8.42. The molecular weight excluding hydrogens is 356 g/mol. The van der Waals surface area contributed by atoms with Gasteiger partial charge in [-0.25, -0.2) is 0 Å². The molecule has 1 saturated heterocycles. The van der Waals surface area contributed by atoms with Gasteiger partial charge in [0.2, 0.25) is 11.8 Å². The molecule has 1 aliphatic heterocycles. The first-order chi connectivity index (χ1) is 11.1. The fraction of sp³-hybridized carbons (Fsp3) is 0.556. The van der Waals surface area contributed by atoms with E-state index in [1.807, 2.05) is 30.0 Å². The highest BCUT2D eigenvalue weighted by Crippen LogP contribution is 2.41. The molecule has 1 heterocycles. The zero-order valence-electron chi connectivity index (χ0n) is 13.5. The SMILES string of the molecule is Cc1ccc(NC(=O)C2CC2C(=O)N2CCCCCC2)c(Br)c1. The molecule has 0 bridgehead atoms. The third-order valence-corrected chi connectivity index (χ3v) is 5.40. The number of hydrogen-bond donors (Lipinski definition) is 1. The first-order valence-corrected chi connectivity index (χ1v) is 9.21. The van der Waals surface area contributed by atoms with Gasteiger partial charge in [0.1, 0.15) is 0 Å². The van der Waals surface area contributed by atoms with Crippen LogP contribution in [0, 0.1) is 18.8 Å². The molecule has 1 aromatic carbocycles. The van der Waals surface area contributed by atoms with Crippen molar-refractivity contribution in [3.8, 4) is 0 Å². The average molecular weight is 379 g/mol. The summed E-state index contributed by atoms with van der Waals surface area (Å²) in [7, 11) is 0. The number of carbonyl (C=O) groups excluding carboxylic acids is 2. The number of hydrogen-bond acceptors (Lipinski definition) is 2. The van der Waals surface area contributed by atoms with Crippen molar-refractivity contribution >= 4 is 33.4 Å². The van der Waals surface area contributed by atoms with Gasteiger partial charge < -0.3 is 10.2 Å². The normalized spacial score (nSPS) is 24.0. The van der Waals surface area contributed by atoms with Crippen LogP contribution < -0.4 is 5.32 Å². The van der Waals surface area contributed by atoms with Gasteiger partial charge in [0, 0.05) is 17.6 Å². The Balaban J connectivity index is 1.56. The quantitative estimate of drug-likeness (QED) is 0.870. The van der Waals surface area contributed by atoms with E-state index in [-0.39, 0.29) is 23.7 Å². The number of carbonyl (C=O) groups is 2. The Kier molecular flexibility index (Phi) is 5.05. The van der Waals surface area contributed by atoms with E-state index >= 15 is 0 Å². The predicted molar refractivity (Wildman–Crippen MR) is 94.2 cm³/mol. The summed E-state index contributed by atoms with van der Waals surface area (Å²) < 4.78 is 0.877. The van der Waals surface area contributed by atoms with E-state index in [0.717, 1.165) is 41.7 Å². The highest BCUT2D eigenvalue weighted by atomic mass is 79.9. The van der Waals surface area contributed by atoms with Crippen LogP contribution in [0.4, 0.5) is 5.69 Å². The summed E-state index contributed by atoms with van der Waals surface area (Å²) in [5.74, 6) is -0.144. The molecular formula is C18H23BrN2O2. The summed E-state index contributed by atoms with van der Waals surface area (Å²) in [5, 5.41) is 2.94. The van der Waals surface area contributed by atoms with Crippen LogP contribution in [0.5, 0.6) is 0 Å². The molecule has 0 radical (unpaired) electrons. The van der Waals surface area contributed by atoms with Crippen LogP contribution in [0.15, 0.2) is 22.7 Å². The minimum atomic E-state index is -0.168. The zero-order valence-corrected chi connectivity index (χ0v) is 15.1. The maximum absolute atomic E-state index is 12.5. The zero-order chi connectivity index (χ0) is 16.4. The Hall–Kier alpha value is -1.36. The lowest BCUT2D eigenvalue weighted by molar-refractivity contribution is -0.134. The summed E-state index contributed by atoms with van der Waals surface area (Å²) in [4.78, 5) is 26.9. The van der Waals surface area contributed by atoms with E-state index < -0.39 is 0 Å². The highest BCUT2D eigenvalue weighted by molar-refractivity contribution is 9.10. The first kappa shape index (κ1) is 16.5. The predicted octanol–water partition coefficient (Wildman–Crippen LogP) is 3.73. The van der Waals surface area contributed by atoms with Crippen LogP contribution >= 0.6 is 15.9 Å². The number of amides is 2. The maximum Gasteiger partial charge on any atom is 0.228 e. The minimum Gasteiger partial charge on any atom is -0.342 e. The Morgan fingerprint density at radius 2 is 1.83 bits per heavy atom. The molecule has 4 nitrogen and oxygen atoms in total. The van der Waals surface area contributed by atoms with Crippen molar-refractivity contribution in [2.45, 2.75) is 39.0 Å². The number of anilines is 1.